The lowest BCUT2D eigenvalue weighted by Crippen LogP contribution is -2.10. The van der Waals surface area contributed by atoms with Gasteiger partial charge in [-0.3, -0.25) is 9.78 Å². The van der Waals surface area contributed by atoms with Gasteiger partial charge in [0.15, 0.2) is 0 Å². The first kappa shape index (κ1) is 12.2. The highest BCUT2D eigenvalue weighted by atomic mass is 16.1. The van der Waals surface area contributed by atoms with E-state index in [0.717, 1.165) is 11.3 Å². The summed E-state index contributed by atoms with van der Waals surface area (Å²) in [4.78, 5) is 16.6. The third-order valence-electron chi connectivity index (χ3n) is 2.92. The fraction of sp³-hybridized carbons (Fsp3) is 0.0667. The van der Waals surface area contributed by atoms with Crippen LogP contribution in [0.3, 0.4) is 0 Å². The van der Waals surface area contributed by atoms with E-state index in [-0.39, 0.29) is 5.78 Å². The van der Waals surface area contributed by atoms with E-state index in [4.69, 9.17) is 0 Å². The van der Waals surface area contributed by atoms with Crippen molar-refractivity contribution in [1.29, 1.82) is 0 Å². The Kier molecular flexibility index (Phi) is 3.09. The van der Waals surface area contributed by atoms with Gasteiger partial charge in [-0.05, 0) is 30.7 Å². The van der Waals surface area contributed by atoms with E-state index in [9.17, 15) is 4.79 Å². The maximum atomic E-state index is 12.5. The maximum Gasteiger partial charge on any atom is 0.214 e. The van der Waals surface area contributed by atoms with Gasteiger partial charge in [0.25, 0.3) is 0 Å². The molecule has 3 rings (SSSR count). The van der Waals surface area contributed by atoms with E-state index in [0.29, 0.717) is 11.3 Å². The van der Waals surface area contributed by atoms with E-state index in [2.05, 4.69) is 15.3 Å². The second-order valence-corrected chi connectivity index (χ2v) is 4.45. The summed E-state index contributed by atoms with van der Waals surface area (Å²) in [5, 5.41) is 7.82. The van der Waals surface area contributed by atoms with Crippen LogP contribution in [0.4, 0.5) is 0 Å². The largest absolute Gasteiger partial charge is 0.287 e. The molecule has 98 valence electrons. The molecule has 0 radical (unpaired) electrons. The molecule has 0 aliphatic rings. The minimum absolute atomic E-state index is 0.143. The molecule has 0 saturated heterocycles. The van der Waals surface area contributed by atoms with Crippen LogP contribution in [0.1, 0.15) is 21.6 Å². The Bertz CT molecular complexity index is 749. The number of aryl methyl sites for hydroxylation is 1. The Morgan fingerprint density at radius 2 is 1.90 bits per heavy atom. The molecule has 5 heteroatoms. The van der Waals surface area contributed by atoms with Gasteiger partial charge in [0.1, 0.15) is 5.69 Å². The number of hydrogen-bond acceptors (Lipinski definition) is 4. The third kappa shape index (κ3) is 2.21. The Balaban J connectivity index is 2.04. The van der Waals surface area contributed by atoms with Crippen LogP contribution in [-0.2, 0) is 0 Å². The van der Waals surface area contributed by atoms with Crippen molar-refractivity contribution in [1.82, 2.24) is 20.0 Å². The standard InChI is InChI=1S/C15H12N4O/c1-11-7-12(9-16-8-11)15(20)14-10-17-18-19(14)13-5-3-2-4-6-13/h2-10H,1H3. The predicted octanol–water partition coefficient (Wildman–Crippen LogP) is 2.20. The molecule has 0 aliphatic carbocycles. The molecule has 0 aliphatic heterocycles. The number of hydrogen-bond donors (Lipinski definition) is 0. The number of aromatic nitrogens is 4. The van der Waals surface area contributed by atoms with Crippen LogP contribution >= 0.6 is 0 Å². The van der Waals surface area contributed by atoms with Crippen LogP contribution in [0, 0.1) is 6.92 Å². The lowest BCUT2D eigenvalue weighted by molar-refractivity contribution is 0.103. The van der Waals surface area contributed by atoms with Gasteiger partial charge in [-0.15, -0.1) is 5.10 Å². The molecule has 2 heterocycles. The van der Waals surface area contributed by atoms with Gasteiger partial charge in [-0.1, -0.05) is 23.4 Å². The molecule has 20 heavy (non-hydrogen) atoms. The maximum absolute atomic E-state index is 12.5. The van der Waals surface area contributed by atoms with Crippen LogP contribution in [0.2, 0.25) is 0 Å². The summed E-state index contributed by atoms with van der Waals surface area (Å²) in [5.74, 6) is -0.143. The predicted molar refractivity (Wildman–Crippen MR) is 73.8 cm³/mol. The Morgan fingerprint density at radius 1 is 1.10 bits per heavy atom. The van der Waals surface area contributed by atoms with Crippen molar-refractivity contribution in [3.63, 3.8) is 0 Å². The summed E-state index contributed by atoms with van der Waals surface area (Å²) >= 11 is 0. The van der Waals surface area contributed by atoms with E-state index in [1.165, 1.54) is 10.9 Å². The van der Waals surface area contributed by atoms with E-state index < -0.39 is 0 Å². The Hall–Kier alpha value is -2.82. The highest BCUT2D eigenvalue weighted by molar-refractivity contribution is 6.07. The van der Waals surface area contributed by atoms with Crippen molar-refractivity contribution in [2.75, 3.05) is 0 Å². The molecule has 0 fully saturated rings. The van der Waals surface area contributed by atoms with Crippen molar-refractivity contribution in [3.05, 3.63) is 71.8 Å². The second kappa shape index (κ2) is 5.05. The first-order chi connectivity index (χ1) is 9.75. The fourth-order valence-electron chi connectivity index (χ4n) is 1.98. The van der Waals surface area contributed by atoms with Crippen LogP contribution < -0.4 is 0 Å². The molecule has 0 N–H and O–H groups in total. The zero-order valence-corrected chi connectivity index (χ0v) is 10.9. The second-order valence-electron chi connectivity index (χ2n) is 4.45. The topological polar surface area (TPSA) is 60.7 Å². The van der Waals surface area contributed by atoms with Gasteiger partial charge in [-0.25, -0.2) is 4.68 Å². The lowest BCUT2D eigenvalue weighted by Gasteiger charge is -2.05. The first-order valence-electron chi connectivity index (χ1n) is 6.18. The molecule has 0 bridgehead atoms. The van der Waals surface area contributed by atoms with E-state index >= 15 is 0 Å². The first-order valence-corrected chi connectivity index (χ1v) is 6.18. The monoisotopic (exact) mass is 264 g/mol. The fourth-order valence-corrected chi connectivity index (χ4v) is 1.98. The van der Waals surface area contributed by atoms with Gasteiger partial charge in [0.05, 0.1) is 11.9 Å². The highest BCUT2D eigenvalue weighted by Crippen LogP contribution is 2.13. The molecule has 0 spiro atoms. The zero-order valence-electron chi connectivity index (χ0n) is 10.9. The summed E-state index contributed by atoms with van der Waals surface area (Å²) in [6, 6.07) is 11.2. The molecule has 3 aromatic rings. The molecule has 0 atom stereocenters. The summed E-state index contributed by atoms with van der Waals surface area (Å²) in [6.45, 7) is 1.90. The zero-order chi connectivity index (χ0) is 13.9. The molecular formula is C15H12N4O. The lowest BCUT2D eigenvalue weighted by atomic mass is 10.1. The minimum atomic E-state index is -0.143. The number of carbonyl (C=O) groups is 1. The number of carbonyl (C=O) groups excluding carboxylic acids is 1. The summed E-state index contributed by atoms with van der Waals surface area (Å²) in [6.07, 6.45) is 4.73. The Morgan fingerprint density at radius 3 is 2.65 bits per heavy atom. The van der Waals surface area contributed by atoms with Crippen molar-refractivity contribution < 1.29 is 4.79 Å². The number of ketones is 1. The highest BCUT2D eigenvalue weighted by Gasteiger charge is 2.16. The smallest absolute Gasteiger partial charge is 0.214 e. The molecule has 0 amide bonds. The van der Waals surface area contributed by atoms with Gasteiger partial charge < -0.3 is 0 Å². The molecule has 1 aromatic carbocycles. The Labute approximate surface area is 115 Å². The molecule has 2 aromatic heterocycles. The number of nitrogens with zero attached hydrogens (tertiary/aromatic N) is 4. The normalized spacial score (nSPS) is 10.4. The average molecular weight is 264 g/mol. The van der Waals surface area contributed by atoms with Crippen molar-refractivity contribution >= 4 is 5.78 Å². The van der Waals surface area contributed by atoms with Crippen molar-refractivity contribution in [3.8, 4) is 5.69 Å². The summed E-state index contributed by atoms with van der Waals surface area (Å²) in [5.41, 5.74) is 2.69. The van der Waals surface area contributed by atoms with Gasteiger partial charge in [0, 0.05) is 18.0 Å². The van der Waals surface area contributed by atoms with Gasteiger partial charge in [0.2, 0.25) is 5.78 Å². The van der Waals surface area contributed by atoms with Crippen molar-refractivity contribution in [2.24, 2.45) is 0 Å². The van der Waals surface area contributed by atoms with Gasteiger partial charge in [-0.2, -0.15) is 0 Å². The van der Waals surface area contributed by atoms with Gasteiger partial charge >= 0.3 is 0 Å². The van der Waals surface area contributed by atoms with Crippen molar-refractivity contribution in [2.45, 2.75) is 6.92 Å². The minimum Gasteiger partial charge on any atom is -0.287 e. The SMILES string of the molecule is Cc1cncc(C(=O)c2cnnn2-c2ccccc2)c1. The van der Waals surface area contributed by atoms with E-state index in [1.54, 1.807) is 18.5 Å². The van der Waals surface area contributed by atoms with Crippen LogP contribution in [0.25, 0.3) is 5.69 Å². The average Bonchev–Trinajstić information content (AvgIpc) is 2.97. The number of rotatable bonds is 3. The number of pyridine rings is 1. The molecule has 0 saturated carbocycles. The summed E-state index contributed by atoms with van der Waals surface area (Å²) < 4.78 is 1.53. The van der Waals surface area contributed by atoms with Crippen LogP contribution in [0.5, 0.6) is 0 Å². The van der Waals surface area contributed by atoms with Crippen LogP contribution in [0.15, 0.2) is 55.0 Å². The van der Waals surface area contributed by atoms with Crippen LogP contribution in [-0.4, -0.2) is 25.8 Å². The molecular weight excluding hydrogens is 252 g/mol. The third-order valence-corrected chi connectivity index (χ3v) is 2.92. The van der Waals surface area contributed by atoms with E-state index in [1.807, 2.05) is 37.3 Å². The molecule has 5 nitrogen and oxygen atoms in total. The quantitative estimate of drug-likeness (QED) is 0.680. The molecule has 0 unspecified atom stereocenters. The number of benzene rings is 1. The number of para-hydroxylation sites is 1. The summed E-state index contributed by atoms with van der Waals surface area (Å²) in [7, 11) is 0.